The molecule has 0 spiro atoms. The largest absolute Gasteiger partial charge is 0.497 e. The van der Waals surface area contributed by atoms with E-state index in [0.29, 0.717) is 11.0 Å². The number of aryl methyl sites for hydroxylation is 1. The predicted octanol–water partition coefficient (Wildman–Crippen LogP) is 2.81. The van der Waals surface area contributed by atoms with Crippen LogP contribution in [0, 0.1) is 0 Å². The summed E-state index contributed by atoms with van der Waals surface area (Å²) in [6.45, 7) is 0. The number of nitrogens with zero attached hydrogens (tertiary/aromatic N) is 1. The molecule has 0 aliphatic heterocycles. The first kappa shape index (κ1) is 10.6. The Hall–Kier alpha value is -1.55. The molecule has 0 saturated carbocycles. The first-order valence-corrected chi connectivity index (χ1v) is 6.48. The van der Waals surface area contributed by atoms with Gasteiger partial charge in [0.25, 0.3) is 0 Å². The first-order valence-electron chi connectivity index (χ1n) is 5.67. The standard InChI is InChI=1S/C13H14N2OS/c1-16-9-4-2-8(3-5-9)10-6-7-11-12(10)17-13(14)15-11/h2-5,10H,6-7H2,1H3,(H2,14,15). The second-order valence-electron chi connectivity index (χ2n) is 4.23. The molecule has 1 unspecified atom stereocenters. The molecule has 1 aliphatic rings. The lowest BCUT2D eigenvalue weighted by atomic mass is 9.98. The van der Waals surface area contributed by atoms with Gasteiger partial charge in [-0.15, -0.1) is 11.3 Å². The molecule has 0 saturated heterocycles. The summed E-state index contributed by atoms with van der Waals surface area (Å²) >= 11 is 1.63. The van der Waals surface area contributed by atoms with E-state index in [9.17, 15) is 0 Å². The van der Waals surface area contributed by atoms with Gasteiger partial charge >= 0.3 is 0 Å². The molecule has 0 amide bonds. The number of aromatic nitrogens is 1. The minimum Gasteiger partial charge on any atom is -0.497 e. The van der Waals surface area contributed by atoms with Gasteiger partial charge in [0, 0.05) is 10.8 Å². The summed E-state index contributed by atoms with van der Waals surface area (Å²) in [7, 11) is 1.69. The third kappa shape index (κ3) is 1.78. The van der Waals surface area contributed by atoms with Crippen LogP contribution >= 0.6 is 11.3 Å². The van der Waals surface area contributed by atoms with Gasteiger partial charge in [-0.25, -0.2) is 4.98 Å². The van der Waals surface area contributed by atoms with Crippen molar-refractivity contribution in [3.8, 4) is 5.75 Å². The van der Waals surface area contributed by atoms with Gasteiger partial charge in [-0.05, 0) is 30.5 Å². The monoisotopic (exact) mass is 246 g/mol. The van der Waals surface area contributed by atoms with Gasteiger partial charge < -0.3 is 10.5 Å². The van der Waals surface area contributed by atoms with Crippen molar-refractivity contribution in [2.24, 2.45) is 0 Å². The van der Waals surface area contributed by atoms with E-state index in [2.05, 4.69) is 17.1 Å². The van der Waals surface area contributed by atoms with Crippen molar-refractivity contribution in [3.05, 3.63) is 40.4 Å². The van der Waals surface area contributed by atoms with Gasteiger partial charge in [-0.2, -0.15) is 0 Å². The maximum Gasteiger partial charge on any atom is 0.180 e. The smallest absolute Gasteiger partial charge is 0.180 e. The van der Waals surface area contributed by atoms with Crippen LogP contribution in [0.3, 0.4) is 0 Å². The molecule has 0 fully saturated rings. The fourth-order valence-corrected chi connectivity index (χ4v) is 3.44. The Bertz CT molecular complexity index is 533. The van der Waals surface area contributed by atoms with Gasteiger partial charge in [0.15, 0.2) is 5.13 Å². The van der Waals surface area contributed by atoms with E-state index in [-0.39, 0.29) is 0 Å². The first-order chi connectivity index (χ1) is 8.28. The fraction of sp³-hybridized carbons (Fsp3) is 0.308. The number of thiazole rings is 1. The molecular formula is C13H14N2OS. The zero-order valence-electron chi connectivity index (χ0n) is 9.64. The molecular weight excluding hydrogens is 232 g/mol. The summed E-state index contributed by atoms with van der Waals surface area (Å²) < 4.78 is 5.18. The van der Waals surface area contributed by atoms with Crippen LogP contribution < -0.4 is 10.5 Å². The van der Waals surface area contributed by atoms with Crippen molar-refractivity contribution in [3.63, 3.8) is 0 Å². The number of anilines is 1. The van der Waals surface area contributed by atoms with E-state index in [1.165, 1.54) is 16.1 Å². The summed E-state index contributed by atoms with van der Waals surface area (Å²) in [6, 6.07) is 8.29. The molecule has 1 aliphatic carbocycles. The summed E-state index contributed by atoms with van der Waals surface area (Å²) in [4.78, 5) is 5.71. The van der Waals surface area contributed by atoms with Gasteiger partial charge in [0.2, 0.25) is 0 Å². The third-order valence-corrected chi connectivity index (χ3v) is 4.29. The van der Waals surface area contributed by atoms with Gasteiger partial charge in [0.1, 0.15) is 5.75 Å². The van der Waals surface area contributed by atoms with Crippen molar-refractivity contribution in [1.29, 1.82) is 0 Å². The lowest BCUT2D eigenvalue weighted by Gasteiger charge is -2.10. The normalized spacial score (nSPS) is 18.1. The quantitative estimate of drug-likeness (QED) is 0.886. The van der Waals surface area contributed by atoms with Crippen LogP contribution in [0.15, 0.2) is 24.3 Å². The molecule has 4 heteroatoms. The van der Waals surface area contributed by atoms with Gasteiger partial charge in [0.05, 0.1) is 12.8 Å². The zero-order chi connectivity index (χ0) is 11.8. The average Bonchev–Trinajstić information content (AvgIpc) is 2.88. The number of nitrogens with two attached hydrogens (primary N) is 1. The summed E-state index contributed by atoms with van der Waals surface area (Å²) in [5.74, 6) is 1.36. The van der Waals surface area contributed by atoms with E-state index in [1.807, 2.05) is 12.1 Å². The van der Waals surface area contributed by atoms with E-state index >= 15 is 0 Å². The number of methoxy groups -OCH3 is 1. The highest BCUT2D eigenvalue weighted by molar-refractivity contribution is 7.15. The molecule has 1 heterocycles. The Kier molecular flexibility index (Phi) is 2.52. The molecule has 2 N–H and O–H groups in total. The number of fused-ring (bicyclic) bond motifs is 1. The number of hydrogen-bond donors (Lipinski definition) is 1. The van der Waals surface area contributed by atoms with Crippen LogP contribution in [0.2, 0.25) is 0 Å². The summed E-state index contributed by atoms with van der Waals surface area (Å²) in [6.07, 6.45) is 2.18. The molecule has 1 aromatic carbocycles. The summed E-state index contributed by atoms with van der Waals surface area (Å²) in [5.41, 5.74) is 8.28. The molecule has 3 nitrogen and oxygen atoms in total. The van der Waals surface area contributed by atoms with E-state index in [0.717, 1.165) is 18.6 Å². The van der Waals surface area contributed by atoms with Crippen molar-refractivity contribution < 1.29 is 4.74 Å². The van der Waals surface area contributed by atoms with Crippen molar-refractivity contribution in [2.75, 3.05) is 12.8 Å². The van der Waals surface area contributed by atoms with Crippen molar-refractivity contribution in [2.45, 2.75) is 18.8 Å². The Labute approximate surface area is 104 Å². The molecule has 3 rings (SSSR count). The maximum absolute atomic E-state index is 5.76. The maximum atomic E-state index is 5.76. The highest BCUT2D eigenvalue weighted by atomic mass is 32.1. The van der Waals surface area contributed by atoms with Crippen molar-refractivity contribution >= 4 is 16.5 Å². The minimum atomic E-state index is 0.464. The minimum absolute atomic E-state index is 0.464. The molecule has 88 valence electrons. The van der Waals surface area contributed by atoms with Crippen LogP contribution in [0.4, 0.5) is 5.13 Å². The lowest BCUT2D eigenvalue weighted by molar-refractivity contribution is 0.414. The molecule has 0 bridgehead atoms. The lowest BCUT2D eigenvalue weighted by Crippen LogP contribution is -1.94. The van der Waals surface area contributed by atoms with E-state index in [4.69, 9.17) is 10.5 Å². The Morgan fingerprint density at radius 1 is 1.35 bits per heavy atom. The summed E-state index contributed by atoms with van der Waals surface area (Å²) in [5, 5.41) is 0.688. The molecule has 1 atom stereocenters. The Morgan fingerprint density at radius 2 is 2.12 bits per heavy atom. The Morgan fingerprint density at radius 3 is 2.82 bits per heavy atom. The van der Waals surface area contributed by atoms with Crippen LogP contribution in [0.5, 0.6) is 5.75 Å². The average molecular weight is 246 g/mol. The predicted molar refractivity (Wildman–Crippen MR) is 69.7 cm³/mol. The van der Waals surface area contributed by atoms with Crippen LogP contribution in [-0.4, -0.2) is 12.1 Å². The van der Waals surface area contributed by atoms with Crippen LogP contribution in [0.1, 0.15) is 28.5 Å². The fourth-order valence-electron chi connectivity index (χ4n) is 2.40. The highest BCUT2D eigenvalue weighted by Gasteiger charge is 2.27. The van der Waals surface area contributed by atoms with E-state index < -0.39 is 0 Å². The topological polar surface area (TPSA) is 48.1 Å². The second-order valence-corrected chi connectivity index (χ2v) is 5.29. The molecule has 0 radical (unpaired) electrons. The molecule has 1 aromatic heterocycles. The number of ether oxygens (including phenoxy) is 1. The number of benzene rings is 1. The third-order valence-electron chi connectivity index (χ3n) is 3.25. The van der Waals surface area contributed by atoms with Gasteiger partial charge in [-0.1, -0.05) is 12.1 Å². The Balaban J connectivity index is 1.94. The second kappa shape index (κ2) is 4.04. The van der Waals surface area contributed by atoms with E-state index in [1.54, 1.807) is 18.4 Å². The number of nitrogen functional groups attached to an aromatic ring is 1. The number of hydrogen-bond acceptors (Lipinski definition) is 4. The zero-order valence-corrected chi connectivity index (χ0v) is 10.5. The number of rotatable bonds is 2. The van der Waals surface area contributed by atoms with Crippen molar-refractivity contribution in [1.82, 2.24) is 4.98 Å². The van der Waals surface area contributed by atoms with Crippen LogP contribution in [-0.2, 0) is 6.42 Å². The SMILES string of the molecule is COc1ccc(C2CCc3nc(N)sc32)cc1. The molecule has 17 heavy (non-hydrogen) atoms. The van der Waals surface area contributed by atoms with Gasteiger partial charge in [-0.3, -0.25) is 0 Å². The van der Waals surface area contributed by atoms with Crippen LogP contribution in [0.25, 0.3) is 0 Å². The highest BCUT2D eigenvalue weighted by Crippen LogP contribution is 2.42. The molecule has 2 aromatic rings.